The largest absolute Gasteiger partial charge is 0.384 e. The third-order valence-electron chi connectivity index (χ3n) is 3.80. The van der Waals surface area contributed by atoms with Crippen molar-refractivity contribution >= 4 is 27.0 Å². The van der Waals surface area contributed by atoms with Gasteiger partial charge in [0, 0.05) is 24.1 Å². The van der Waals surface area contributed by atoms with E-state index in [-0.39, 0.29) is 5.69 Å². The first-order chi connectivity index (χ1) is 10.0. The van der Waals surface area contributed by atoms with E-state index in [1.54, 1.807) is 23.2 Å². The Morgan fingerprint density at radius 1 is 1.05 bits per heavy atom. The van der Waals surface area contributed by atoms with Crippen LogP contribution in [0.1, 0.15) is 17.2 Å². The third-order valence-corrected chi connectivity index (χ3v) is 4.49. The number of imidazole rings is 1. The van der Waals surface area contributed by atoms with Gasteiger partial charge in [-0.2, -0.15) is 0 Å². The first-order valence-electron chi connectivity index (χ1n) is 6.58. The van der Waals surface area contributed by atoms with Crippen LogP contribution in [-0.4, -0.2) is 14.2 Å². The van der Waals surface area contributed by atoms with Crippen LogP contribution in [0.5, 0.6) is 0 Å². The smallest absolute Gasteiger partial charge is 0.328 e. The maximum absolute atomic E-state index is 12.0. The highest BCUT2D eigenvalue weighted by Gasteiger charge is 2.17. The summed E-state index contributed by atoms with van der Waals surface area (Å²) in [6.07, 6.45) is -0.736. The zero-order valence-electron chi connectivity index (χ0n) is 11.7. The van der Waals surface area contributed by atoms with Gasteiger partial charge in [0.15, 0.2) is 0 Å². The molecule has 1 atom stereocenters. The van der Waals surface area contributed by atoms with Crippen molar-refractivity contribution in [2.75, 3.05) is 0 Å². The van der Waals surface area contributed by atoms with Gasteiger partial charge in [0.2, 0.25) is 0 Å². The van der Waals surface area contributed by atoms with Gasteiger partial charge in [-0.25, -0.2) is 4.79 Å². The minimum atomic E-state index is -0.736. The number of fused-ring (bicyclic) bond motifs is 1. The Hall–Kier alpha value is -1.85. The molecule has 1 aromatic heterocycles. The molecule has 0 aliphatic heterocycles. The molecule has 0 aliphatic rings. The maximum atomic E-state index is 12.0. The number of aliphatic hydroxyl groups excluding tert-OH is 1. The summed E-state index contributed by atoms with van der Waals surface area (Å²) in [6, 6.07) is 13.2. The average molecular weight is 347 g/mol. The summed E-state index contributed by atoms with van der Waals surface area (Å²) in [5.41, 5.74) is 3.12. The predicted octanol–water partition coefficient (Wildman–Crippen LogP) is 2.72. The molecule has 1 unspecified atom stereocenters. The van der Waals surface area contributed by atoms with E-state index < -0.39 is 6.10 Å². The number of benzene rings is 2. The molecule has 0 saturated heterocycles. The van der Waals surface area contributed by atoms with E-state index in [4.69, 9.17) is 0 Å². The van der Waals surface area contributed by atoms with E-state index in [9.17, 15) is 9.90 Å². The van der Waals surface area contributed by atoms with E-state index in [0.717, 1.165) is 26.6 Å². The number of hydrogen-bond acceptors (Lipinski definition) is 2. The first kappa shape index (κ1) is 14.1. The van der Waals surface area contributed by atoms with Crippen LogP contribution in [0.15, 0.2) is 51.7 Å². The summed E-state index contributed by atoms with van der Waals surface area (Å²) in [5.74, 6) is 0. The normalized spacial score (nSPS) is 12.8. The van der Waals surface area contributed by atoms with Gasteiger partial charge in [0.1, 0.15) is 6.10 Å². The summed E-state index contributed by atoms with van der Waals surface area (Å²) in [5, 5.41) is 10.6. The lowest BCUT2D eigenvalue weighted by Crippen LogP contribution is -2.19. The molecule has 21 heavy (non-hydrogen) atoms. The molecule has 0 amide bonds. The van der Waals surface area contributed by atoms with Crippen molar-refractivity contribution in [2.24, 2.45) is 14.1 Å². The molecule has 108 valence electrons. The minimum absolute atomic E-state index is 0.0803. The lowest BCUT2D eigenvalue weighted by molar-refractivity contribution is 0.219. The van der Waals surface area contributed by atoms with Crippen LogP contribution in [0.4, 0.5) is 0 Å². The van der Waals surface area contributed by atoms with Gasteiger partial charge in [-0.05, 0) is 17.7 Å². The molecular weight excluding hydrogens is 332 g/mol. The Balaban J connectivity index is 2.22. The van der Waals surface area contributed by atoms with Crippen molar-refractivity contribution < 1.29 is 5.11 Å². The number of nitrogens with zero attached hydrogens (tertiary/aromatic N) is 2. The monoisotopic (exact) mass is 346 g/mol. The quantitative estimate of drug-likeness (QED) is 0.775. The van der Waals surface area contributed by atoms with Gasteiger partial charge >= 0.3 is 5.69 Å². The van der Waals surface area contributed by atoms with Gasteiger partial charge < -0.3 is 5.11 Å². The summed E-state index contributed by atoms with van der Waals surface area (Å²) in [6.45, 7) is 0. The zero-order valence-corrected chi connectivity index (χ0v) is 13.3. The van der Waals surface area contributed by atoms with Gasteiger partial charge in [-0.1, -0.05) is 46.3 Å². The second-order valence-electron chi connectivity index (χ2n) is 5.08. The molecule has 0 radical (unpaired) electrons. The Bertz CT molecular complexity index is 865. The molecule has 1 N–H and O–H groups in total. The molecular formula is C16H15BrN2O2. The molecule has 0 saturated carbocycles. The Kier molecular flexibility index (Phi) is 3.47. The van der Waals surface area contributed by atoms with Gasteiger partial charge in [-0.15, -0.1) is 0 Å². The Labute approximate surface area is 130 Å². The van der Waals surface area contributed by atoms with E-state index >= 15 is 0 Å². The van der Waals surface area contributed by atoms with Crippen molar-refractivity contribution in [1.82, 2.24) is 9.13 Å². The van der Waals surface area contributed by atoms with Crippen LogP contribution in [0.3, 0.4) is 0 Å². The molecule has 0 aliphatic carbocycles. The molecule has 0 bridgehead atoms. The Morgan fingerprint density at radius 2 is 1.62 bits per heavy atom. The summed E-state index contributed by atoms with van der Waals surface area (Å²) in [7, 11) is 3.47. The molecule has 3 aromatic rings. The standard InChI is InChI=1S/C16H15BrN2O2/c1-18-13-8-11(15(20)10-6-4-3-5-7-10)12(17)9-14(13)19(2)16(18)21/h3-9,15,20H,1-2H3. The van der Waals surface area contributed by atoms with Gasteiger partial charge in [-0.3, -0.25) is 9.13 Å². The number of rotatable bonds is 2. The summed E-state index contributed by atoms with van der Waals surface area (Å²) in [4.78, 5) is 12.0. The lowest BCUT2D eigenvalue weighted by Gasteiger charge is -2.14. The summed E-state index contributed by atoms with van der Waals surface area (Å²) >= 11 is 3.50. The number of halogens is 1. The molecule has 0 spiro atoms. The number of aryl methyl sites for hydroxylation is 2. The van der Waals surface area contributed by atoms with Crippen LogP contribution in [0.2, 0.25) is 0 Å². The number of aliphatic hydroxyl groups is 1. The topological polar surface area (TPSA) is 47.2 Å². The van der Waals surface area contributed by atoms with Crippen LogP contribution >= 0.6 is 15.9 Å². The lowest BCUT2D eigenvalue weighted by atomic mass is 10.0. The molecule has 5 heteroatoms. The minimum Gasteiger partial charge on any atom is -0.384 e. The van der Waals surface area contributed by atoms with E-state index in [1.165, 1.54) is 0 Å². The predicted molar refractivity (Wildman–Crippen MR) is 86.4 cm³/mol. The zero-order chi connectivity index (χ0) is 15.1. The van der Waals surface area contributed by atoms with Crippen molar-refractivity contribution in [3.05, 3.63) is 68.5 Å². The summed E-state index contributed by atoms with van der Waals surface area (Å²) < 4.78 is 3.97. The van der Waals surface area contributed by atoms with Gasteiger partial charge in [0.25, 0.3) is 0 Å². The average Bonchev–Trinajstić information content (AvgIpc) is 2.71. The van der Waals surface area contributed by atoms with E-state index in [0.29, 0.717) is 0 Å². The fourth-order valence-corrected chi connectivity index (χ4v) is 3.11. The Morgan fingerprint density at radius 3 is 2.24 bits per heavy atom. The highest BCUT2D eigenvalue weighted by Crippen LogP contribution is 2.31. The highest BCUT2D eigenvalue weighted by atomic mass is 79.9. The van der Waals surface area contributed by atoms with Gasteiger partial charge in [0.05, 0.1) is 11.0 Å². The molecule has 0 fully saturated rings. The molecule has 1 heterocycles. The van der Waals surface area contributed by atoms with Crippen LogP contribution in [0.25, 0.3) is 11.0 Å². The van der Waals surface area contributed by atoms with Crippen molar-refractivity contribution in [2.45, 2.75) is 6.10 Å². The van der Waals surface area contributed by atoms with Crippen LogP contribution < -0.4 is 5.69 Å². The molecule has 2 aromatic carbocycles. The highest BCUT2D eigenvalue weighted by molar-refractivity contribution is 9.10. The molecule has 4 nitrogen and oxygen atoms in total. The second kappa shape index (κ2) is 5.16. The van der Waals surface area contributed by atoms with Crippen molar-refractivity contribution in [3.63, 3.8) is 0 Å². The second-order valence-corrected chi connectivity index (χ2v) is 5.93. The van der Waals surface area contributed by atoms with Crippen molar-refractivity contribution in [1.29, 1.82) is 0 Å². The molecule has 3 rings (SSSR count). The van der Waals surface area contributed by atoms with Crippen LogP contribution in [-0.2, 0) is 14.1 Å². The van der Waals surface area contributed by atoms with E-state index in [1.807, 2.05) is 42.5 Å². The van der Waals surface area contributed by atoms with Crippen molar-refractivity contribution in [3.8, 4) is 0 Å². The first-order valence-corrected chi connectivity index (χ1v) is 7.38. The fourth-order valence-electron chi connectivity index (χ4n) is 2.56. The number of hydrogen-bond donors (Lipinski definition) is 1. The maximum Gasteiger partial charge on any atom is 0.328 e. The number of aromatic nitrogens is 2. The SMILES string of the molecule is Cn1c(=O)n(C)c2cc(C(O)c3ccccc3)c(Br)cc21. The third kappa shape index (κ3) is 2.22. The van der Waals surface area contributed by atoms with E-state index in [2.05, 4.69) is 15.9 Å². The van der Waals surface area contributed by atoms with Crippen LogP contribution in [0, 0.1) is 0 Å². The fraction of sp³-hybridized carbons (Fsp3) is 0.188.